The number of nitrogens with zero attached hydrogens (tertiary/aromatic N) is 1. The first kappa shape index (κ1) is 12.0. The van der Waals surface area contributed by atoms with E-state index < -0.39 is 18.7 Å². The summed E-state index contributed by atoms with van der Waals surface area (Å²) in [5.74, 6) is 0. The van der Waals surface area contributed by atoms with E-state index in [9.17, 15) is 13.2 Å². The quantitative estimate of drug-likeness (QED) is 0.779. The molecule has 0 aliphatic carbocycles. The van der Waals surface area contributed by atoms with E-state index in [4.69, 9.17) is 4.84 Å². The Morgan fingerprint density at radius 2 is 2.18 bits per heavy atom. The van der Waals surface area contributed by atoms with Crippen molar-refractivity contribution in [2.45, 2.75) is 32.0 Å². The predicted octanol–water partition coefficient (Wildman–Crippen LogP) is 3.44. The van der Waals surface area contributed by atoms with Crippen molar-refractivity contribution in [3.63, 3.8) is 0 Å². The van der Waals surface area contributed by atoms with Gasteiger partial charge < -0.3 is 4.84 Å². The van der Waals surface area contributed by atoms with E-state index in [0.717, 1.165) is 11.1 Å². The van der Waals surface area contributed by atoms with Crippen molar-refractivity contribution in [2.75, 3.05) is 0 Å². The minimum Gasteiger partial charge on any atom is -0.391 e. The van der Waals surface area contributed by atoms with Gasteiger partial charge in [0, 0.05) is 6.42 Å². The Morgan fingerprint density at radius 1 is 1.41 bits per heavy atom. The van der Waals surface area contributed by atoms with Crippen LogP contribution in [0.2, 0.25) is 0 Å². The van der Waals surface area contributed by atoms with Gasteiger partial charge in [-0.2, -0.15) is 13.2 Å². The van der Waals surface area contributed by atoms with Crippen LogP contribution in [-0.2, 0) is 4.84 Å². The number of benzene rings is 1. The van der Waals surface area contributed by atoms with Crippen molar-refractivity contribution in [3.05, 3.63) is 35.4 Å². The molecule has 2 rings (SSSR count). The Balaban J connectivity index is 2.03. The molecular formula is C12H12F3NO. The summed E-state index contributed by atoms with van der Waals surface area (Å²) >= 11 is 0. The molecule has 2 nitrogen and oxygen atoms in total. The summed E-state index contributed by atoms with van der Waals surface area (Å²) in [5.41, 5.74) is 2.46. The summed E-state index contributed by atoms with van der Waals surface area (Å²) in [7, 11) is 0. The topological polar surface area (TPSA) is 21.6 Å². The van der Waals surface area contributed by atoms with Crippen LogP contribution >= 0.6 is 0 Å². The molecule has 0 bridgehead atoms. The van der Waals surface area contributed by atoms with Crippen LogP contribution in [0.15, 0.2) is 29.4 Å². The number of aryl methyl sites for hydroxylation is 1. The van der Waals surface area contributed by atoms with Crippen LogP contribution in [0, 0.1) is 6.92 Å². The fraction of sp³-hybridized carbons (Fsp3) is 0.417. The molecule has 0 amide bonds. The Bertz CT molecular complexity index is 440. The van der Waals surface area contributed by atoms with E-state index in [1.54, 1.807) is 0 Å². The van der Waals surface area contributed by atoms with E-state index in [-0.39, 0.29) is 6.42 Å². The molecule has 1 aromatic carbocycles. The molecule has 0 fully saturated rings. The summed E-state index contributed by atoms with van der Waals surface area (Å²) in [4.78, 5) is 4.80. The SMILES string of the molecule is Cc1cccc(C2=NO[C@@H](CC(F)(F)F)C2)c1. The zero-order valence-electron chi connectivity index (χ0n) is 9.29. The van der Waals surface area contributed by atoms with E-state index in [0.29, 0.717) is 5.71 Å². The smallest absolute Gasteiger partial charge is 0.391 e. The first-order valence-electron chi connectivity index (χ1n) is 5.30. The van der Waals surface area contributed by atoms with Gasteiger partial charge in [-0.1, -0.05) is 35.0 Å². The second-order valence-electron chi connectivity index (χ2n) is 4.16. The normalized spacial score (nSPS) is 20.0. The van der Waals surface area contributed by atoms with Gasteiger partial charge in [0.15, 0.2) is 0 Å². The Labute approximate surface area is 97.1 Å². The first-order chi connectivity index (χ1) is 7.94. The van der Waals surface area contributed by atoms with Crippen LogP contribution in [0.3, 0.4) is 0 Å². The van der Waals surface area contributed by atoms with E-state index in [2.05, 4.69) is 5.16 Å². The summed E-state index contributed by atoms with van der Waals surface area (Å²) in [6.45, 7) is 1.92. The summed E-state index contributed by atoms with van der Waals surface area (Å²) in [6.07, 6.45) is -5.83. The van der Waals surface area contributed by atoms with Gasteiger partial charge >= 0.3 is 6.18 Å². The Morgan fingerprint density at radius 3 is 2.82 bits per heavy atom. The lowest BCUT2D eigenvalue weighted by molar-refractivity contribution is -0.157. The van der Waals surface area contributed by atoms with Gasteiger partial charge in [0.25, 0.3) is 0 Å². The number of alkyl halides is 3. The maximum absolute atomic E-state index is 12.2. The van der Waals surface area contributed by atoms with E-state index >= 15 is 0 Å². The highest BCUT2D eigenvalue weighted by atomic mass is 19.4. The monoisotopic (exact) mass is 243 g/mol. The second-order valence-corrected chi connectivity index (χ2v) is 4.16. The fourth-order valence-corrected chi connectivity index (χ4v) is 1.79. The standard InChI is InChI=1S/C12H12F3NO/c1-8-3-2-4-9(5-8)11-6-10(17-16-11)7-12(13,14)15/h2-5,10H,6-7H2,1H3/t10-/m1/s1. The minimum atomic E-state index is -4.21. The van der Waals surface area contributed by atoms with Crippen molar-refractivity contribution >= 4 is 5.71 Å². The summed E-state index contributed by atoms with van der Waals surface area (Å²) in [6, 6.07) is 7.49. The molecule has 0 aromatic heterocycles. The lowest BCUT2D eigenvalue weighted by Crippen LogP contribution is -2.19. The van der Waals surface area contributed by atoms with Gasteiger partial charge in [-0.15, -0.1) is 0 Å². The van der Waals surface area contributed by atoms with Gasteiger partial charge in [-0.05, 0) is 12.5 Å². The molecule has 0 N–H and O–H groups in total. The summed E-state index contributed by atoms with van der Waals surface area (Å²) < 4.78 is 36.5. The highest BCUT2D eigenvalue weighted by Gasteiger charge is 2.36. The van der Waals surface area contributed by atoms with Crippen LogP contribution < -0.4 is 0 Å². The Kier molecular flexibility index (Phi) is 3.09. The van der Waals surface area contributed by atoms with Crippen molar-refractivity contribution in [1.82, 2.24) is 0 Å². The maximum atomic E-state index is 12.2. The molecule has 0 radical (unpaired) electrons. The predicted molar refractivity (Wildman–Crippen MR) is 57.9 cm³/mol. The van der Waals surface area contributed by atoms with Crippen molar-refractivity contribution in [1.29, 1.82) is 0 Å². The van der Waals surface area contributed by atoms with Crippen LogP contribution in [-0.4, -0.2) is 18.0 Å². The van der Waals surface area contributed by atoms with Crippen LogP contribution in [0.1, 0.15) is 24.0 Å². The van der Waals surface area contributed by atoms with Gasteiger partial charge in [0.05, 0.1) is 12.1 Å². The lowest BCUT2D eigenvalue weighted by Gasteiger charge is -2.10. The van der Waals surface area contributed by atoms with Crippen LogP contribution in [0.4, 0.5) is 13.2 Å². The molecular weight excluding hydrogens is 231 g/mol. The molecule has 0 saturated carbocycles. The Hall–Kier alpha value is -1.52. The molecule has 1 aliphatic heterocycles. The van der Waals surface area contributed by atoms with Crippen molar-refractivity contribution < 1.29 is 18.0 Å². The van der Waals surface area contributed by atoms with E-state index in [1.165, 1.54) is 0 Å². The number of halogens is 3. The fourth-order valence-electron chi connectivity index (χ4n) is 1.79. The maximum Gasteiger partial charge on any atom is 0.392 e. The molecule has 17 heavy (non-hydrogen) atoms. The molecule has 0 saturated heterocycles. The molecule has 0 spiro atoms. The van der Waals surface area contributed by atoms with Crippen molar-refractivity contribution in [3.8, 4) is 0 Å². The molecule has 1 aromatic rings. The first-order valence-corrected chi connectivity index (χ1v) is 5.30. The molecule has 92 valence electrons. The van der Waals surface area contributed by atoms with E-state index in [1.807, 2.05) is 31.2 Å². The zero-order valence-corrected chi connectivity index (χ0v) is 9.29. The van der Waals surface area contributed by atoms with Gasteiger partial charge in [0.2, 0.25) is 0 Å². The highest BCUT2D eigenvalue weighted by molar-refractivity contribution is 6.01. The number of hydrogen-bond acceptors (Lipinski definition) is 2. The van der Waals surface area contributed by atoms with Crippen molar-refractivity contribution in [2.24, 2.45) is 5.16 Å². The largest absolute Gasteiger partial charge is 0.392 e. The van der Waals surface area contributed by atoms with Crippen LogP contribution in [0.25, 0.3) is 0 Å². The number of rotatable bonds is 2. The van der Waals surface area contributed by atoms with Gasteiger partial charge in [0.1, 0.15) is 6.10 Å². The molecule has 1 heterocycles. The molecule has 1 atom stereocenters. The average molecular weight is 243 g/mol. The average Bonchev–Trinajstić information content (AvgIpc) is 2.63. The molecule has 0 unspecified atom stereocenters. The minimum absolute atomic E-state index is 0.211. The van der Waals surface area contributed by atoms with Gasteiger partial charge in [-0.3, -0.25) is 0 Å². The second kappa shape index (κ2) is 4.39. The third kappa shape index (κ3) is 3.22. The third-order valence-corrected chi connectivity index (χ3v) is 2.54. The highest BCUT2D eigenvalue weighted by Crippen LogP contribution is 2.28. The van der Waals surface area contributed by atoms with Crippen LogP contribution in [0.5, 0.6) is 0 Å². The zero-order chi connectivity index (χ0) is 12.5. The lowest BCUT2D eigenvalue weighted by atomic mass is 10.0. The number of hydrogen-bond donors (Lipinski definition) is 0. The summed E-state index contributed by atoms with van der Waals surface area (Å²) in [5, 5.41) is 3.73. The third-order valence-electron chi connectivity index (χ3n) is 2.54. The molecule has 1 aliphatic rings. The number of oxime groups is 1. The molecule has 5 heteroatoms. The van der Waals surface area contributed by atoms with Gasteiger partial charge in [-0.25, -0.2) is 0 Å².